The van der Waals surface area contributed by atoms with Crippen LogP contribution in [0.15, 0.2) is 30.5 Å². The topological polar surface area (TPSA) is 58.1 Å². The van der Waals surface area contributed by atoms with Gasteiger partial charge in [-0.3, -0.25) is 4.79 Å². The summed E-state index contributed by atoms with van der Waals surface area (Å²) >= 11 is 0. The lowest BCUT2D eigenvalue weighted by Crippen LogP contribution is -2.25. The molecule has 0 aliphatic heterocycles. The van der Waals surface area contributed by atoms with Crippen molar-refractivity contribution in [1.82, 2.24) is 9.97 Å². The Bertz CT molecular complexity index is 665. The highest BCUT2D eigenvalue weighted by atomic mass is 16.1. The van der Waals surface area contributed by atoms with E-state index in [0.717, 1.165) is 29.9 Å². The number of hydrogen-bond acceptors (Lipinski definition) is 4. The third kappa shape index (κ3) is 3.42. The molecule has 5 heteroatoms. The van der Waals surface area contributed by atoms with Crippen molar-refractivity contribution in [2.75, 3.05) is 23.3 Å². The molecule has 1 aromatic heterocycles. The van der Waals surface area contributed by atoms with Gasteiger partial charge in [0.25, 0.3) is 5.91 Å². The quantitative estimate of drug-likeness (QED) is 0.921. The number of hydrogen-bond donors (Lipinski definition) is 1. The van der Waals surface area contributed by atoms with Gasteiger partial charge < -0.3 is 10.2 Å². The third-order valence-electron chi connectivity index (χ3n) is 3.77. The molecule has 0 saturated carbocycles. The van der Waals surface area contributed by atoms with E-state index in [9.17, 15) is 4.79 Å². The molecule has 5 nitrogen and oxygen atoms in total. The second-order valence-electron chi connectivity index (χ2n) is 5.12. The molecule has 1 heterocycles. The van der Waals surface area contributed by atoms with Crippen LogP contribution >= 0.6 is 0 Å². The van der Waals surface area contributed by atoms with Crippen LogP contribution in [0.3, 0.4) is 0 Å². The molecule has 0 atom stereocenters. The number of nitrogens with zero attached hydrogens (tertiary/aromatic N) is 3. The van der Waals surface area contributed by atoms with E-state index in [4.69, 9.17) is 0 Å². The lowest BCUT2D eigenvalue weighted by molar-refractivity contribution is 0.102. The summed E-state index contributed by atoms with van der Waals surface area (Å²) in [6, 6.07) is 7.48. The molecule has 1 N–H and O–H groups in total. The maximum absolute atomic E-state index is 12.4. The molecular weight excluding hydrogens is 276 g/mol. The minimum Gasteiger partial charge on any atom is -0.341 e. The Labute approximate surface area is 131 Å². The Morgan fingerprint density at radius 3 is 2.59 bits per heavy atom. The van der Waals surface area contributed by atoms with E-state index in [1.807, 2.05) is 50.8 Å². The monoisotopic (exact) mass is 298 g/mol. The molecule has 2 rings (SSSR count). The summed E-state index contributed by atoms with van der Waals surface area (Å²) in [6.45, 7) is 9.70. The van der Waals surface area contributed by atoms with Crippen molar-refractivity contribution in [3.8, 4) is 0 Å². The lowest BCUT2D eigenvalue weighted by Gasteiger charge is -2.18. The molecule has 2 aromatic rings. The summed E-state index contributed by atoms with van der Waals surface area (Å²) in [5.74, 6) is 0.364. The summed E-state index contributed by atoms with van der Waals surface area (Å²) in [5, 5.41) is 2.92. The van der Waals surface area contributed by atoms with E-state index in [0.29, 0.717) is 11.6 Å². The van der Waals surface area contributed by atoms with Crippen molar-refractivity contribution >= 4 is 17.5 Å². The SMILES string of the molecule is CCN(CC)c1nccc(C(=O)Nc2cccc(C)c2C)n1. The zero-order chi connectivity index (χ0) is 16.1. The molecule has 1 amide bonds. The second-order valence-corrected chi connectivity index (χ2v) is 5.12. The Hall–Kier alpha value is -2.43. The van der Waals surface area contributed by atoms with Crippen molar-refractivity contribution < 1.29 is 4.79 Å². The molecule has 22 heavy (non-hydrogen) atoms. The maximum atomic E-state index is 12.4. The van der Waals surface area contributed by atoms with Crippen LogP contribution in [0.5, 0.6) is 0 Å². The Kier molecular flexibility index (Phi) is 5.09. The largest absolute Gasteiger partial charge is 0.341 e. The molecular formula is C17H22N4O. The molecule has 0 spiro atoms. The molecule has 0 aliphatic rings. The Morgan fingerprint density at radius 1 is 1.18 bits per heavy atom. The van der Waals surface area contributed by atoms with Gasteiger partial charge in [-0.15, -0.1) is 0 Å². The second kappa shape index (κ2) is 7.02. The van der Waals surface area contributed by atoms with Crippen LogP contribution in [0.2, 0.25) is 0 Å². The normalized spacial score (nSPS) is 10.4. The van der Waals surface area contributed by atoms with Gasteiger partial charge in [0.1, 0.15) is 5.69 Å². The van der Waals surface area contributed by atoms with Crippen molar-refractivity contribution in [3.63, 3.8) is 0 Å². The van der Waals surface area contributed by atoms with E-state index in [1.165, 1.54) is 0 Å². The van der Waals surface area contributed by atoms with E-state index in [1.54, 1.807) is 12.3 Å². The van der Waals surface area contributed by atoms with Gasteiger partial charge in [0, 0.05) is 25.0 Å². The molecule has 0 saturated heterocycles. The van der Waals surface area contributed by atoms with Gasteiger partial charge in [0.05, 0.1) is 0 Å². The molecule has 0 fully saturated rings. The summed E-state index contributed by atoms with van der Waals surface area (Å²) < 4.78 is 0. The van der Waals surface area contributed by atoms with E-state index >= 15 is 0 Å². The van der Waals surface area contributed by atoms with Crippen molar-refractivity contribution in [3.05, 3.63) is 47.3 Å². The minimum atomic E-state index is -0.218. The number of amides is 1. The highest BCUT2D eigenvalue weighted by Crippen LogP contribution is 2.18. The number of carbonyl (C=O) groups is 1. The fourth-order valence-corrected chi connectivity index (χ4v) is 2.21. The fourth-order valence-electron chi connectivity index (χ4n) is 2.21. The molecule has 116 valence electrons. The minimum absolute atomic E-state index is 0.218. The molecule has 0 radical (unpaired) electrons. The Balaban J connectivity index is 2.23. The van der Waals surface area contributed by atoms with E-state index < -0.39 is 0 Å². The van der Waals surface area contributed by atoms with Gasteiger partial charge in [-0.25, -0.2) is 9.97 Å². The maximum Gasteiger partial charge on any atom is 0.274 e. The van der Waals surface area contributed by atoms with Crippen molar-refractivity contribution in [1.29, 1.82) is 0 Å². The lowest BCUT2D eigenvalue weighted by atomic mass is 10.1. The zero-order valence-corrected chi connectivity index (χ0v) is 13.6. The summed E-state index contributed by atoms with van der Waals surface area (Å²) in [5.41, 5.74) is 3.39. The molecule has 0 bridgehead atoms. The highest BCUT2D eigenvalue weighted by molar-refractivity contribution is 6.03. The van der Waals surface area contributed by atoms with Gasteiger partial charge in [-0.1, -0.05) is 12.1 Å². The van der Waals surface area contributed by atoms with Crippen LogP contribution in [0, 0.1) is 13.8 Å². The molecule has 1 aromatic carbocycles. The predicted molar refractivity (Wildman–Crippen MR) is 89.5 cm³/mol. The number of aromatic nitrogens is 2. The van der Waals surface area contributed by atoms with E-state index in [2.05, 4.69) is 15.3 Å². The number of carbonyl (C=O) groups excluding carboxylic acids is 1. The standard InChI is InChI=1S/C17H22N4O/c1-5-21(6-2)17-18-11-10-15(20-17)16(22)19-14-9-7-8-12(3)13(14)4/h7-11H,5-6H2,1-4H3,(H,19,22). The van der Waals surface area contributed by atoms with Crippen LogP contribution < -0.4 is 10.2 Å². The first-order chi connectivity index (χ1) is 10.6. The number of aryl methyl sites for hydroxylation is 1. The van der Waals surface area contributed by atoms with Gasteiger partial charge in [0.2, 0.25) is 5.95 Å². The smallest absolute Gasteiger partial charge is 0.274 e. The zero-order valence-electron chi connectivity index (χ0n) is 13.6. The third-order valence-corrected chi connectivity index (χ3v) is 3.77. The van der Waals surface area contributed by atoms with Gasteiger partial charge in [-0.05, 0) is 51.0 Å². The first kappa shape index (κ1) is 15.9. The first-order valence-electron chi connectivity index (χ1n) is 7.52. The number of anilines is 2. The molecule has 0 aliphatic carbocycles. The fraction of sp³-hybridized carbons (Fsp3) is 0.353. The van der Waals surface area contributed by atoms with Crippen molar-refractivity contribution in [2.24, 2.45) is 0 Å². The van der Waals surface area contributed by atoms with Gasteiger partial charge in [-0.2, -0.15) is 0 Å². The number of benzene rings is 1. The highest BCUT2D eigenvalue weighted by Gasteiger charge is 2.13. The van der Waals surface area contributed by atoms with Crippen LogP contribution in [0.1, 0.15) is 35.5 Å². The average molecular weight is 298 g/mol. The average Bonchev–Trinajstić information content (AvgIpc) is 2.53. The summed E-state index contributed by atoms with van der Waals surface area (Å²) in [6.07, 6.45) is 1.62. The Morgan fingerprint density at radius 2 is 1.91 bits per heavy atom. The predicted octanol–water partition coefficient (Wildman–Crippen LogP) is 3.19. The first-order valence-corrected chi connectivity index (χ1v) is 7.52. The van der Waals surface area contributed by atoms with Gasteiger partial charge in [0.15, 0.2) is 0 Å². The van der Waals surface area contributed by atoms with Gasteiger partial charge >= 0.3 is 0 Å². The summed E-state index contributed by atoms with van der Waals surface area (Å²) in [4.78, 5) is 23.0. The van der Waals surface area contributed by atoms with Crippen LogP contribution in [-0.4, -0.2) is 29.0 Å². The number of nitrogens with one attached hydrogen (secondary N) is 1. The van der Waals surface area contributed by atoms with Crippen LogP contribution in [0.25, 0.3) is 0 Å². The number of rotatable bonds is 5. The molecule has 0 unspecified atom stereocenters. The van der Waals surface area contributed by atoms with Crippen molar-refractivity contribution in [2.45, 2.75) is 27.7 Å². The summed E-state index contributed by atoms with van der Waals surface area (Å²) in [7, 11) is 0. The van der Waals surface area contributed by atoms with Crippen LogP contribution in [-0.2, 0) is 0 Å². The van der Waals surface area contributed by atoms with Crippen LogP contribution in [0.4, 0.5) is 11.6 Å². The van der Waals surface area contributed by atoms with E-state index in [-0.39, 0.29) is 5.91 Å².